The Balaban J connectivity index is 2.31. The summed E-state index contributed by atoms with van der Waals surface area (Å²) in [4.78, 5) is 11.5. The van der Waals surface area contributed by atoms with Gasteiger partial charge in [0.2, 0.25) is 0 Å². The van der Waals surface area contributed by atoms with Gasteiger partial charge in [-0.3, -0.25) is 4.68 Å². The van der Waals surface area contributed by atoms with E-state index < -0.39 is 5.97 Å². The van der Waals surface area contributed by atoms with Crippen molar-refractivity contribution < 1.29 is 14.6 Å². The van der Waals surface area contributed by atoms with E-state index in [0.29, 0.717) is 17.8 Å². The van der Waals surface area contributed by atoms with Gasteiger partial charge in [0.05, 0.1) is 25.5 Å². The first kappa shape index (κ1) is 13.6. The van der Waals surface area contributed by atoms with E-state index in [-0.39, 0.29) is 5.75 Å². The van der Waals surface area contributed by atoms with Crippen molar-refractivity contribution in [2.75, 3.05) is 7.11 Å². The second kappa shape index (κ2) is 5.44. The normalized spacial score (nSPS) is 10.5. The number of ether oxygens (including phenoxy) is 1. The molecule has 0 aliphatic rings. The van der Waals surface area contributed by atoms with Crippen molar-refractivity contribution in [1.29, 1.82) is 0 Å². The summed E-state index contributed by atoms with van der Waals surface area (Å²) in [5.41, 5.74) is 1.85. The topological polar surface area (TPSA) is 64.3 Å². The molecule has 0 radical (unpaired) electrons. The molecule has 1 heterocycles. The SMILES string of the molecule is COC(=O)c1cnn(Cc2cc(Br)ccc2O)c1C. The second-order valence-electron chi connectivity index (χ2n) is 4.07. The van der Waals surface area contributed by atoms with Crippen LogP contribution < -0.4 is 0 Å². The number of nitrogens with zero attached hydrogens (tertiary/aromatic N) is 2. The molecule has 1 aromatic carbocycles. The predicted octanol–water partition coefficient (Wildman–Crippen LogP) is 2.49. The fraction of sp³-hybridized carbons (Fsp3) is 0.231. The Morgan fingerprint density at radius 2 is 2.26 bits per heavy atom. The van der Waals surface area contributed by atoms with E-state index >= 15 is 0 Å². The van der Waals surface area contributed by atoms with Crippen LogP contribution >= 0.6 is 15.9 Å². The molecule has 5 nitrogen and oxygen atoms in total. The average molecular weight is 325 g/mol. The van der Waals surface area contributed by atoms with Crippen LogP contribution in [0.25, 0.3) is 0 Å². The van der Waals surface area contributed by atoms with E-state index in [1.807, 2.05) is 6.07 Å². The number of rotatable bonds is 3. The lowest BCUT2D eigenvalue weighted by molar-refractivity contribution is 0.0599. The molecule has 1 aromatic heterocycles. The van der Waals surface area contributed by atoms with Crippen molar-refractivity contribution in [2.45, 2.75) is 13.5 Å². The highest BCUT2D eigenvalue weighted by atomic mass is 79.9. The van der Waals surface area contributed by atoms with Crippen molar-refractivity contribution in [2.24, 2.45) is 0 Å². The van der Waals surface area contributed by atoms with Gasteiger partial charge in [0.25, 0.3) is 0 Å². The largest absolute Gasteiger partial charge is 0.508 e. The molecule has 0 fully saturated rings. The van der Waals surface area contributed by atoms with E-state index in [0.717, 1.165) is 10.0 Å². The van der Waals surface area contributed by atoms with Crippen LogP contribution in [0.3, 0.4) is 0 Å². The maximum Gasteiger partial charge on any atom is 0.341 e. The van der Waals surface area contributed by atoms with Gasteiger partial charge in [-0.15, -0.1) is 0 Å². The molecule has 0 unspecified atom stereocenters. The quantitative estimate of drug-likeness (QED) is 0.881. The zero-order valence-corrected chi connectivity index (χ0v) is 12.1. The zero-order valence-electron chi connectivity index (χ0n) is 10.6. The summed E-state index contributed by atoms with van der Waals surface area (Å²) in [6.07, 6.45) is 1.47. The van der Waals surface area contributed by atoms with Gasteiger partial charge in [-0.1, -0.05) is 15.9 Å². The van der Waals surface area contributed by atoms with Crippen molar-refractivity contribution in [3.63, 3.8) is 0 Å². The predicted molar refractivity (Wildman–Crippen MR) is 73.2 cm³/mol. The zero-order chi connectivity index (χ0) is 14.0. The fourth-order valence-electron chi connectivity index (χ4n) is 1.76. The molecular weight excluding hydrogens is 312 g/mol. The van der Waals surface area contributed by atoms with Gasteiger partial charge in [-0.25, -0.2) is 4.79 Å². The van der Waals surface area contributed by atoms with Crippen LogP contribution in [0.2, 0.25) is 0 Å². The molecule has 2 aromatic rings. The average Bonchev–Trinajstić information content (AvgIpc) is 2.75. The first-order valence-corrected chi connectivity index (χ1v) is 6.40. The summed E-state index contributed by atoms with van der Waals surface area (Å²) < 4.78 is 7.19. The number of hydrogen-bond donors (Lipinski definition) is 1. The maximum atomic E-state index is 11.5. The molecule has 19 heavy (non-hydrogen) atoms. The number of carbonyl (C=O) groups excluding carboxylic acids is 1. The molecule has 0 aliphatic heterocycles. The van der Waals surface area contributed by atoms with Gasteiger partial charge in [0.15, 0.2) is 0 Å². The minimum atomic E-state index is -0.415. The molecular formula is C13H13BrN2O3. The molecule has 2 rings (SSSR count). The Morgan fingerprint density at radius 1 is 1.53 bits per heavy atom. The first-order valence-electron chi connectivity index (χ1n) is 5.61. The van der Waals surface area contributed by atoms with Gasteiger partial charge in [0.1, 0.15) is 11.3 Å². The Bertz CT molecular complexity index is 622. The third-order valence-electron chi connectivity index (χ3n) is 2.87. The van der Waals surface area contributed by atoms with Gasteiger partial charge in [0, 0.05) is 10.0 Å². The fourth-order valence-corrected chi connectivity index (χ4v) is 2.17. The molecule has 0 atom stereocenters. The summed E-state index contributed by atoms with van der Waals surface area (Å²) in [6.45, 7) is 2.17. The van der Waals surface area contributed by atoms with Crippen molar-refractivity contribution in [1.82, 2.24) is 9.78 Å². The summed E-state index contributed by atoms with van der Waals surface area (Å²) in [7, 11) is 1.33. The number of phenols is 1. The van der Waals surface area contributed by atoms with Crippen molar-refractivity contribution in [3.05, 3.63) is 45.7 Å². The number of benzene rings is 1. The van der Waals surface area contributed by atoms with Crippen molar-refractivity contribution in [3.8, 4) is 5.75 Å². The smallest absolute Gasteiger partial charge is 0.341 e. The molecule has 6 heteroatoms. The van der Waals surface area contributed by atoms with Gasteiger partial charge < -0.3 is 9.84 Å². The second-order valence-corrected chi connectivity index (χ2v) is 4.98. The molecule has 0 saturated heterocycles. The van der Waals surface area contributed by atoms with E-state index in [9.17, 15) is 9.90 Å². The number of halogens is 1. The van der Waals surface area contributed by atoms with Gasteiger partial charge >= 0.3 is 5.97 Å². The van der Waals surface area contributed by atoms with Gasteiger partial charge in [-0.2, -0.15) is 5.10 Å². The molecule has 0 aliphatic carbocycles. The molecule has 0 amide bonds. The van der Waals surface area contributed by atoms with Crippen LogP contribution in [0.4, 0.5) is 0 Å². The molecule has 0 bridgehead atoms. The van der Waals surface area contributed by atoms with Crippen LogP contribution in [-0.4, -0.2) is 28.0 Å². The summed E-state index contributed by atoms with van der Waals surface area (Å²) in [5.74, 6) is -0.222. The van der Waals surface area contributed by atoms with Crippen LogP contribution in [0.5, 0.6) is 5.75 Å². The Kier molecular flexibility index (Phi) is 3.90. The van der Waals surface area contributed by atoms with Gasteiger partial charge in [-0.05, 0) is 25.1 Å². The minimum absolute atomic E-state index is 0.192. The number of carbonyl (C=O) groups is 1. The maximum absolute atomic E-state index is 11.5. The molecule has 100 valence electrons. The number of esters is 1. The Labute approximate surface area is 118 Å². The molecule has 0 spiro atoms. The van der Waals surface area contributed by atoms with E-state index in [1.54, 1.807) is 23.7 Å². The number of aromatic hydroxyl groups is 1. The van der Waals surface area contributed by atoms with E-state index in [2.05, 4.69) is 25.8 Å². The summed E-state index contributed by atoms with van der Waals surface area (Å²) in [5, 5.41) is 13.9. The molecule has 0 saturated carbocycles. The monoisotopic (exact) mass is 324 g/mol. The van der Waals surface area contributed by atoms with Crippen molar-refractivity contribution >= 4 is 21.9 Å². The lowest BCUT2D eigenvalue weighted by Gasteiger charge is -2.08. The highest BCUT2D eigenvalue weighted by Gasteiger charge is 2.15. The lowest BCUT2D eigenvalue weighted by Crippen LogP contribution is -2.07. The Hall–Kier alpha value is -1.82. The van der Waals surface area contributed by atoms with Crippen LogP contribution in [-0.2, 0) is 11.3 Å². The highest BCUT2D eigenvalue weighted by Crippen LogP contribution is 2.23. The number of aromatic nitrogens is 2. The molecule has 1 N–H and O–H groups in total. The van der Waals surface area contributed by atoms with E-state index in [1.165, 1.54) is 13.3 Å². The summed E-state index contributed by atoms with van der Waals surface area (Å²) in [6, 6.07) is 5.18. The van der Waals surface area contributed by atoms with Crippen LogP contribution in [0.1, 0.15) is 21.6 Å². The standard InChI is InChI=1S/C13H13BrN2O3/c1-8-11(13(18)19-2)6-15-16(8)7-9-5-10(14)3-4-12(9)17/h3-6,17H,7H2,1-2H3. The lowest BCUT2D eigenvalue weighted by atomic mass is 10.2. The Morgan fingerprint density at radius 3 is 2.95 bits per heavy atom. The number of hydrogen-bond acceptors (Lipinski definition) is 4. The first-order chi connectivity index (χ1) is 9.02. The van der Waals surface area contributed by atoms with Crippen LogP contribution in [0, 0.1) is 6.92 Å². The number of methoxy groups -OCH3 is 1. The number of phenolic OH excluding ortho intramolecular Hbond substituents is 1. The highest BCUT2D eigenvalue weighted by molar-refractivity contribution is 9.10. The summed E-state index contributed by atoms with van der Waals surface area (Å²) >= 11 is 3.35. The minimum Gasteiger partial charge on any atom is -0.508 e. The van der Waals surface area contributed by atoms with Crippen LogP contribution in [0.15, 0.2) is 28.9 Å². The third kappa shape index (κ3) is 2.78. The third-order valence-corrected chi connectivity index (χ3v) is 3.36. The van der Waals surface area contributed by atoms with E-state index in [4.69, 9.17) is 0 Å².